The van der Waals surface area contributed by atoms with Crippen molar-refractivity contribution in [3.63, 3.8) is 0 Å². The van der Waals surface area contributed by atoms with E-state index in [0.29, 0.717) is 19.6 Å². The predicted molar refractivity (Wildman–Crippen MR) is 83.9 cm³/mol. The molecule has 2 heterocycles. The van der Waals surface area contributed by atoms with Crippen LogP contribution in [0.3, 0.4) is 0 Å². The summed E-state index contributed by atoms with van der Waals surface area (Å²) in [5.41, 5.74) is 2.25. The number of aromatic amines is 1. The van der Waals surface area contributed by atoms with Gasteiger partial charge in [-0.25, -0.2) is 13.4 Å². The summed E-state index contributed by atoms with van der Waals surface area (Å²) in [7, 11) is -3.56. The number of benzene rings is 1. The largest absolute Gasteiger partial charge is 0.335 e. The molecule has 1 atom stereocenters. The summed E-state index contributed by atoms with van der Waals surface area (Å²) >= 11 is 0. The lowest BCUT2D eigenvalue weighted by Crippen LogP contribution is -2.48. The molecule has 1 unspecified atom stereocenters. The van der Waals surface area contributed by atoms with Crippen molar-refractivity contribution < 1.29 is 8.42 Å². The molecule has 2 aromatic rings. The van der Waals surface area contributed by atoms with Gasteiger partial charge in [-0.05, 0) is 17.5 Å². The molecule has 0 radical (unpaired) electrons. The first-order chi connectivity index (χ1) is 10.6. The van der Waals surface area contributed by atoms with E-state index in [1.165, 1.54) is 18.1 Å². The van der Waals surface area contributed by atoms with Gasteiger partial charge in [0.15, 0.2) is 5.03 Å². The number of H-pyrrole nitrogens is 1. The van der Waals surface area contributed by atoms with Crippen LogP contribution in [0.5, 0.6) is 0 Å². The zero-order valence-corrected chi connectivity index (χ0v) is 13.3. The van der Waals surface area contributed by atoms with Crippen molar-refractivity contribution >= 4 is 10.0 Å². The van der Waals surface area contributed by atoms with Gasteiger partial charge in [0.2, 0.25) is 0 Å². The fourth-order valence-corrected chi connectivity index (χ4v) is 4.25. The van der Waals surface area contributed by atoms with Crippen LogP contribution >= 0.6 is 0 Å². The monoisotopic (exact) mass is 320 g/mol. The minimum Gasteiger partial charge on any atom is -0.335 e. The van der Waals surface area contributed by atoms with Crippen LogP contribution in [-0.2, 0) is 16.4 Å². The molecule has 1 saturated heterocycles. The average Bonchev–Trinajstić information content (AvgIpc) is 3.10. The van der Waals surface area contributed by atoms with Crippen molar-refractivity contribution in [1.82, 2.24) is 19.6 Å². The molecular formula is C15H20N4O2S. The molecule has 2 N–H and O–H groups in total. The highest BCUT2D eigenvalue weighted by Gasteiger charge is 2.35. The van der Waals surface area contributed by atoms with Crippen molar-refractivity contribution in [2.24, 2.45) is 0 Å². The van der Waals surface area contributed by atoms with Crippen LogP contribution in [0.1, 0.15) is 24.1 Å². The summed E-state index contributed by atoms with van der Waals surface area (Å²) in [4.78, 5) is 6.53. The molecule has 1 fully saturated rings. The SMILES string of the molecule is CCc1ccc(C2CNCCN2S(=O)(=O)c2cnc[nH]2)cc1. The summed E-state index contributed by atoms with van der Waals surface area (Å²) in [6, 6.07) is 7.96. The number of hydrogen-bond donors (Lipinski definition) is 2. The maximum absolute atomic E-state index is 12.8. The second-order valence-electron chi connectivity index (χ2n) is 5.35. The van der Waals surface area contributed by atoms with Crippen LogP contribution in [0.2, 0.25) is 0 Å². The summed E-state index contributed by atoms with van der Waals surface area (Å²) in [6.45, 7) is 3.81. The number of imidazole rings is 1. The molecule has 1 aliphatic heterocycles. The Morgan fingerprint density at radius 2 is 2.09 bits per heavy atom. The molecule has 0 saturated carbocycles. The molecule has 1 aliphatic rings. The van der Waals surface area contributed by atoms with Crippen molar-refractivity contribution in [3.05, 3.63) is 47.9 Å². The lowest BCUT2D eigenvalue weighted by molar-refractivity contribution is 0.271. The number of piperazine rings is 1. The summed E-state index contributed by atoms with van der Waals surface area (Å²) in [6.07, 6.45) is 3.72. The summed E-state index contributed by atoms with van der Waals surface area (Å²) in [5.74, 6) is 0. The summed E-state index contributed by atoms with van der Waals surface area (Å²) < 4.78 is 27.1. The number of hydrogen-bond acceptors (Lipinski definition) is 4. The maximum atomic E-state index is 12.8. The van der Waals surface area contributed by atoms with Gasteiger partial charge in [0.05, 0.1) is 18.6 Å². The van der Waals surface area contributed by atoms with Gasteiger partial charge < -0.3 is 10.3 Å². The van der Waals surface area contributed by atoms with Gasteiger partial charge in [0.25, 0.3) is 10.0 Å². The first-order valence-corrected chi connectivity index (χ1v) is 8.86. The van der Waals surface area contributed by atoms with Gasteiger partial charge in [-0.15, -0.1) is 0 Å². The Bertz CT molecular complexity index is 711. The van der Waals surface area contributed by atoms with E-state index in [-0.39, 0.29) is 11.1 Å². The van der Waals surface area contributed by atoms with Crippen LogP contribution in [0.15, 0.2) is 41.8 Å². The molecular weight excluding hydrogens is 300 g/mol. The number of rotatable bonds is 4. The molecule has 1 aromatic carbocycles. The Morgan fingerprint density at radius 3 is 2.73 bits per heavy atom. The van der Waals surface area contributed by atoms with E-state index in [9.17, 15) is 8.42 Å². The van der Waals surface area contributed by atoms with Crippen molar-refractivity contribution in [2.45, 2.75) is 24.4 Å². The van der Waals surface area contributed by atoms with Gasteiger partial charge in [-0.2, -0.15) is 4.31 Å². The molecule has 0 spiro atoms. The quantitative estimate of drug-likeness (QED) is 0.890. The standard InChI is InChI=1S/C15H20N4O2S/c1-2-12-3-5-13(6-4-12)14-9-16-7-8-19(14)22(20,21)15-10-17-11-18-15/h3-6,10-11,14,16H,2,7-9H2,1H3,(H,17,18). The number of sulfonamides is 1. The Kier molecular flexibility index (Phi) is 4.28. The van der Waals surface area contributed by atoms with Crippen LogP contribution in [0, 0.1) is 0 Å². The highest BCUT2D eigenvalue weighted by atomic mass is 32.2. The third-order valence-corrected chi connectivity index (χ3v) is 5.86. The lowest BCUT2D eigenvalue weighted by Gasteiger charge is -2.35. The van der Waals surface area contributed by atoms with Crippen LogP contribution in [-0.4, -0.2) is 42.3 Å². The topological polar surface area (TPSA) is 78.1 Å². The van der Waals surface area contributed by atoms with E-state index in [1.54, 1.807) is 4.31 Å². The predicted octanol–water partition coefficient (Wildman–Crippen LogP) is 1.31. The minimum atomic E-state index is -3.56. The molecule has 22 heavy (non-hydrogen) atoms. The number of nitrogens with zero attached hydrogens (tertiary/aromatic N) is 2. The molecule has 0 aliphatic carbocycles. The second-order valence-corrected chi connectivity index (χ2v) is 7.21. The summed E-state index contributed by atoms with van der Waals surface area (Å²) in [5, 5.41) is 3.42. The van der Waals surface area contributed by atoms with E-state index in [4.69, 9.17) is 0 Å². The van der Waals surface area contributed by atoms with E-state index >= 15 is 0 Å². The fraction of sp³-hybridized carbons (Fsp3) is 0.400. The fourth-order valence-electron chi connectivity index (χ4n) is 2.74. The smallest absolute Gasteiger partial charge is 0.260 e. The second kappa shape index (κ2) is 6.20. The third-order valence-electron chi connectivity index (χ3n) is 4.03. The zero-order valence-electron chi connectivity index (χ0n) is 12.5. The van der Waals surface area contributed by atoms with Gasteiger partial charge in [0, 0.05) is 19.6 Å². The van der Waals surface area contributed by atoms with Gasteiger partial charge in [0.1, 0.15) is 0 Å². The third kappa shape index (κ3) is 2.79. The first kappa shape index (κ1) is 15.2. The Balaban J connectivity index is 1.94. The highest BCUT2D eigenvalue weighted by molar-refractivity contribution is 7.89. The van der Waals surface area contributed by atoms with Gasteiger partial charge in [-0.3, -0.25) is 0 Å². The van der Waals surface area contributed by atoms with Crippen LogP contribution < -0.4 is 5.32 Å². The van der Waals surface area contributed by atoms with Gasteiger partial charge >= 0.3 is 0 Å². The first-order valence-electron chi connectivity index (χ1n) is 7.42. The Labute approximate surface area is 130 Å². The van der Waals surface area contributed by atoms with E-state index in [0.717, 1.165) is 12.0 Å². The normalized spacial score (nSPS) is 20.1. The average molecular weight is 320 g/mol. The minimum absolute atomic E-state index is 0.143. The molecule has 1 aromatic heterocycles. The Hall–Kier alpha value is -1.70. The van der Waals surface area contributed by atoms with Crippen molar-refractivity contribution in [3.8, 4) is 0 Å². The molecule has 0 amide bonds. The molecule has 7 heteroatoms. The lowest BCUT2D eigenvalue weighted by atomic mass is 10.0. The number of nitrogens with one attached hydrogen (secondary N) is 2. The zero-order chi connectivity index (χ0) is 15.6. The van der Waals surface area contributed by atoms with Crippen molar-refractivity contribution in [2.75, 3.05) is 19.6 Å². The van der Waals surface area contributed by atoms with E-state index < -0.39 is 10.0 Å². The molecule has 0 bridgehead atoms. The highest BCUT2D eigenvalue weighted by Crippen LogP contribution is 2.28. The number of aromatic nitrogens is 2. The van der Waals surface area contributed by atoms with E-state index in [1.807, 2.05) is 12.1 Å². The molecule has 3 rings (SSSR count). The van der Waals surface area contributed by atoms with E-state index in [2.05, 4.69) is 34.3 Å². The maximum Gasteiger partial charge on any atom is 0.260 e. The van der Waals surface area contributed by atoms with Crippen LogP contribution in [0.4, 0.5) is 0 Å². The molecule has 118 valence electrons. The van der Waals surface area contributed by atoms with Gasteiger partial charge in [-0.1, -0.05) is 31.2 Å². The van der Waals surface area contributed by atoms with Crippen molar-refractivity contribution in [1.29, 1.82) is 0 Å². The number of aryl methyl sites for hydroxylation is 1. The molecule has 6 nitrogen and oxygen atoms in total. The Morgan fingerprint density at radius 1 is 1.32 bits per heavy atom. The van der Waals surface area contributed by atoms with Crippen LogP contribution in [0.25, 0.3) is 0 Å².